The van der Waals surface area contributed by atoms with E-state index in [2.05, 4.69) is 4.72 Å². The molecule has 8 heteroatoms. The molecule has 1 amide bonds. The lowest BCUT2D eigenvalue weighted by Crippen LogP contribution is -2.48. The molecule has 0 unspecified atom stereocenters. The molecule has 1 aromatic heterocycles. The lowest BCUT2D eigenvalue weighted by molar-refractivity contribution is -0.0585. The van der Waals surface area contributed by atoms with Crippen LogP contribution in [0.1, 0.15) is 24.2 Å². The minimum atomic E-state index is -3.71. The van der Waals surface area contributed by atoms with E-state index >= 15 is 0 Å². The first-order valence-electron chi connectivity index (χ1n) is 7.97. The van der Waals surface area contributed by atoms with Gasteiger partial charge in [-0.15, -0.1) is 11.3 Å². The van der Waals surface area contributed by atoms with Gasteiger partial charge in [-0.25, -0.2) is 8.42 Å². The summed E-state index contributed by atoms with van der Waals surface area (Å²) < 4.78 is 33.3. The van der Waals surface area contributed by atoms with Gasteiger partial charge in [0.2, 0.25) is 0 Å². The largest absolute Gasteiger partial charge is 0.372 e. The normalized spacial score (nSPS) is 21.1. The maximum atomic E-state index is 12.9. The van der Waals surface area contributed by atoms with Crippen molar-refractivity contribution in [2.75, 3.05) is 17.8 Å². The lowest BCUT2D eigenvalue weighted by Gasteiger charge is -2.35. The molecule has 1 saturated heterocycles. The molecular formula is C17H20N2O4S2. The van der Waals surface area contributed by atoms with Gasteiger partial charge in [0.25, 0.3) is 15.9 Å². The van der Waals surface area contributed by atoms with Crippen LogP contribution in [0, 0.1) is 0 Å². The molecular weight excluding hydrogens is 360 g/mol. The fourth-order valence-corrected chi connectivity index (χ4v) is 4.96. The van der Waals surface area contributed by atoms with Crippen LogP contribution in [0.25, 0.3) is 0 Å². The van der Waals surface area contributed by atoms with Crippen LogP contribution in [0.3, 0.4) is 0 Å². The van der Waals surface area contributed by atoms with E-state index < -0.39 is 10.0 Å². The number of thiophene rings is 1. The molecule has 0 radical (unpaired) electrons. The van der Waals surface area contributed by atoms with Crippen LogP contribution in [-0.2, 0) is 14.8 Å². The molecule has 1 N–H and O–H groups in total. The fraction of sp³-hybridized carbons (Fsp3) is 0.353. The van der Waals surface area contributed by atoms with Gasteiger partial charge >= 0.3 is 0 Å². The number of ether oxygens (including phenoxy) is 1. The molecule has 134 valence electrons. The van der Waals surface area contributed by atoms with Crippen molar-refractivity contribution in [2.24, 2.45) is 0 Å². The van der Waals surface area contributed by atoms with Gasteiger partial charge in [0, 0.05) is 13.1 Å². The number of rotatable bonds is 4. The van der Waals surface area contributed by atoms with Gasteiger partial charge in [0.1, 0.15) is 4.21 Å². The molecule has 1 aromatic carbocycles. The summed E-state index contributed by atoms with van der Waals surface area (Å²) in [6.45, 7) is 4.80. The van der Waals surface area contributed by atoms with Crippen molar-refractivity contribution in [1.29, 1.82) is 0 Å². The van der Waals surface area contributed by atoms with Crippen LogP contribution in [-0.4, -0.2) is 44.5 Å². The predicted molar refractivity (Wildman–Crippen MR) is 97.5 cm³/mol. The van der Waals surface area contributed by atoms with Gasteiger partial charge in [-0.1, -0.05) is 18.2 Å². The van der Waals surface area contributed by atoms with Crippen molar-refractivity contribution in [3.63, 3.8) is 0 Å². The number of carbonyl (C=O) groups excluding carboxylic acids is 1. The zero-order valence-electron chi connectivity index (χ0n) is 14.0. The number of nitrogens with one attached hydrogen (secondary N) is 1. The molecule has 2 heterocycles. The minimum Gasteiger partial charge on any atom is -0.372 e. The number of benzene rings is 1. The van der Waals surface area contributed by atoms with Crippen LogP contribution in [0.5, 0.6) is 0 Å². The first-order chi connectivity index (χ1) is 11.9. The standard InChI is InChI=1S/C17H20N2O4S2/c1-12-10-19(11-13(2)23-12)17(20)14-6-3-4-7-15(14)18-25(21,22)16-8-5-9-24-16/h3-9,12-13,18H,10-11H2,1-2H3/t12-,13+. The highest BCUT2D eigenvalue weighted by Gasteiger charge is 2.28. The van der Waals surface area contributed by atoms with E-state index in [0.717, 1.165) is 11.3 Å². The monoisotopic (exact) mass is 380 g/mol. The Labute approximate surface area is 151 Å². The third kappa shape index (κ3) is 4.02. The SMILES string of the molecule is C[C@@H]1CN(C(=O)c2ccccc2NS(=O)(=O)c2cccs2)C[C@H](C)O1. The van der Waals surface area contributed by atoms with Crippen LogP contribution < -0.4 is 4.72 Å². The van der Waals surface area contributed by atoms with Gasteiger partial charge in [0.15, 0.2) is 0 Å². The van der Waals surface area contributed by atoms with E-state index in [0.29, 0.717) is 18.7 Å². The Balaban J connectivity index is 1.87. The number of para-hydroxylation sites is 1. The Hall–Kier alpha value is -1.90. The van der Waals surface area contributed by atoms with E-state index in [4.69, 9.17) is 4.74 Å². The third-order valence-electron chi connectivity index (χ3n) is 3.87. The molecule has 0 bridgehead atoms. The number of anilines is 1. The number of hydrogen-bond acceptors (Lipinski definition) is 5. The van der Waals surface area contributed by atoms with Gasteiger partial charge in [0.05, 0.1) is 23.5 Å². The highest BCUT2D eigenvalue weighted by atomic mass is 32.2. The second-order valence-corrected chi connectivity index (χ2v) is 8.91. The number of hydrogen-bond donors (Lipinski definition) is 1. The van der Waals surface area contributed by atoms with Crippen molar-refractivity contribution in [1.82, 2.24) is 4.90 Å². The summed E-state index contributed by atoms with van der Waals surface area (Å²) in [4.78, 5) is 14.6. The first-order valence-corrected chi connectivity index (χ1v) is 10.3. The molecule has 25 heavy (non-hydrogen) atoms. The summed E-state index contributed by atoms with van der Waals surface area (Å²) in [5.74, 6) is -0.202. The van der Waals surface area contributed by atoms with E-state index in [9.17, 15) is 13.2 Å². The summed E-state index contributed by atoms with van der Waals surface area (Å²) in [7, 11) is -3.71. The molecule has 3 rings (SSSR count). The summed E-state index contributed by atoms with van der Waals surface area (Å²) in [5.41, 5.74) is 0.622. The molecule has 0 aliphatic carbocycles. The van der Waals surface area contributed by atoms with Crippen LogP contribution in [0.2, 0.25) is 0 Å². The molecule has 6 nitrogen and oxygen atoms in total. The molecule has 1 fully saturated rings. The highest BCUT2D eigenvalue weighted by Crippen LogP contribution is 2.24. The Morgan fingerprint density at radius 2 is 1.84 bits per heavy atom. The second-order valence-electron chi connectivity index (χ2n) is 6.05. The molecule has 0 saturated carbocycles. The quantitative estimate of drug-likeness (QED) is 0.885. The molecule has 2 aromatic rings. The number of nitrogens with zero attached hydrogens (tertiary/aromatic N) is 1. The van der Waals surface area contributed by atoms with Gasteiger partial charge in [-0.05, 0) is 37.4 Å². The summed E-state index contributed by atoms with van der Waals surface area (Å²) in [6, 6.07) is 9.87. The summed E-state index contributed by atoms with van der Waals surface area (Å²) in [6.07, 6.45) is -0.106. The van der Waals surface area contributed by atoms with E-state index in [1.807, 2.05) is 13.8 Å². The number of sulfonamides is 1. The maximum Gasteiger partial charge on any atom is 0.271 e. The smallest absolute Gasteiger partial charge is 0.271 e. The summed E-state index contributed by atoms with van der Waals surface area (Å²) in [5, 5.41) is 1.70. The van der Waals surface area contributed by atoms with E-state index in [1.54, 1.807) is 40.6 Å². The Morgan fingerprint density at radius 3 is 2.48 bits per heavy atom. The van der Waals surface area contributed by atoms with E-state index in [-0.39, 0.29) is 28.0 Å². The van der Waals surface area contributed by atoms with Gasteiger partial charge in [-0.3, -0.25) is 9.52 Å². The highest BCUT2D eigenvalue weighted by molar-refractivity contribution is 7.94. The number of morpholine rings is 1. The number of carbonyl (C=O) groups is 1. The topological polar surface area (TPSA) is 75.7 Å². The second kappa shape index (κ2) is 7.15. The number of amides is 1. The van der Waals surface area contributed by atoms with Gasteiger partial charge < -0.3 is 9.64 Å². The molecule has 1 aliphatic heterocycles. The van der Waals surface area contributed by atoms with E-state index in [1.165, 1.54) is 6.07 Å². The minimum absolute atomic E-state index is 0.0531. The first kappa shape index (κ1) is 17.9. The zero-order chi connectivity index (χ0) is 18.0. The summed E-state index contributed by atoms with van der Waals surface area (Å²) >= 11 is 1.13. The van der Waals surface area contributed by atoms with Crippen molar-refractivity contribution in [3.8, 4) is 0 Å². The maximum absolute atomic E-state index is 12.9. The van der Waals surface area contributed by atoms with Crippen molar-refractivity contribution in [3.05, 3.63) is 47.3 Å². The molecule has 2 atom stereocenters. The predicted octanol–water partition coefficient (Wildman–Crippen LogP) is 2.80. The van der Waals surface area contributed by atoms with Crippen molar-refractivity contribution >= 4 is 33.0 Å². The fourth-order valence-electron chi connectivity index (χ4n) is 2.88. The lowest BCUT2D eigenvalue weighted by atomic mass is 10.1. The third-order valence-corrected chi connectivity index (χ3v) is 6.63. The van der Waals surface area contributed by atoms with Crippen molar-refractivity contribution < 1.29 is 17.9 Å². The van der Waals surface area contributed by atoms with Crippen LogP contribution in [0.15, 0.2) is 46.0 Å². The van der Waals surface area contributed by atoms with Crippen LogP contribution >= 0.6 is 11.3 Å². The average molecular weight is 380 g/mol. The molecule has 0 spiro atoms. The Bertz CT molecular complexity index is 839. The van der Waals surface area contributed by atoms with Crippen LogP contribution in [0.4, 0.5) is 5.69 Å². The molecule has 1 aliphatic rings. The average Bonchev–Trinajstić information content (AvgIpc) is 3.09. The van der Waals surface area contributed by atoms with Crippen molar-refractivity contribution in [2.45, 2.75) is 30.3 Å². The van der Waals surface area contributed by atoms with Gasteiger partial charge in [-0.2, -0.15) is 0 Å². The Kier molecular flexibility index (Phi) is 5.12. The zero-order valence-corrected chi connectivity index (χ0v) is 15.6. The Morgan fingerprint density at radius 1 is 1.16 bits per heavy atom.